The average Bonchev–Trinajstić information content (AvgIpc) is 2.74. The van der Waals surface area contributed by atoms with Gasteiger partial charge in [0.2, 0.25) is 0 Å². The molecule has 5 nitrogen and oxygen atoms in total. The predicted octanol–water partition coefficient (Wildman–Crippen LogP) is 6.24. The fourth-order valence-corrected chi connectivity index (χ4v) is 3.72. The quantitative estimate of drug-likeness (QED) is 0.490. The second kappa shape index (κ2) is 14.4. The lowest BCUT2D eigenvalue weighted by molar-refractivity contribution is -0.137. The summed E-state index contributed by atoms with van der Waals surface area (Å²) in [6.45, 7) is 14.0. The minimum Gasteiger partial charge on any atom is -0.481 e. The SMILES string of the molecule is CC(=O)CC(C(C)=O)(C(C)=O)c1cc(C)ccc1C.CCC(=O)O.CCC1=CCCC(C)=C1. The molecule has 1 aliphatic carbocycles. The van der Waals surface area contributed by atoms with Gasteiger partial charge in [-0.1, -0.05) is 60.9 Å². The van der Waals surface area contributed by atoms with E-state index in [4.69, 9.17) is 5.11 Å². The average molecular weight is 457 g/mol. The largest absolute Gasteiger partial charge is 0.481 e. The van der Waals surface area contributed by atoms with E-state index in [1.807, 2.05) is 32.0 Å². The van der Waals surface area contributed by atoms with Gasteiger partial charge in [0.1, 0.15) is 22.8 Å². The van der Waals surface area contributed by atoms with Crippen molar-refractivity contribution in [3.63, 3.8) is 0 Å². The van der Waals surface area contributed by atoms with Crippen molar-refractivity contribution in [3.8, 4) is 0 Å². The molecule has 0 aromatic heterocycles. The number of hydrogen-bond acceptors (Lipinski definition) is 4. The normalized spacial score (nSPS) is 12.7. The van der Waals surface area contributed by atoms with Gasteiger partial charge in [0.05, 0.1) is 0 Å². The molecule has 0 fully saturated rings. The van der Waals surface area contributed by atoms with Gasteiger partial charge >= 0.3 is 5.97 Å². The van der Waals surface area contributed by atoms with Crippen LogP contribution in [0.5, 0.6) is 0 Å². The highest BCUT2D eigenvalue weighted by Crippen LogP contribution is 2.34. The van der Waals surface area contributed by atoms with Crippen LogP contribution in [0.2, 0.25) is 0 Å². The molecule has 5 heteroatoms. The van der Waals surface area contributed by atoms with Crippen molar-refractivity contribution < 1.29 is 24.3 Å². The van der Waals surface area contributed by atoms with E-state index in [0.29, 0.717) is 5.56 Å². The molecule has 0 saturated carbocycles. The number of carboxylic acid groups (broad SMARTS) is 1. The van der Waals surface area contributed by atoms with Crippen molar-refractivity contribution in [1.82, 2.24) is 0 Å². The fraction of sp³-hybridized carbons (Fsp3) is 0.500. The zero-order valence-corrected chi connectivity index (χ0v) is 21.5. The van der Waals surface area contributed by atoms with Crippen LogP contribution in [-0.4, -0.2) is 28.4 Å². The van der Waals surface area contributed by atoms with Gasteiger partial charge in [-0.15, -0.1) is 0 Å². The monoisotopic (exact) mass is 456 g/mol. The lowest BCUT2D eigenvalue weighted by Crippen LogP contribution is -2.43. The summed E-state index contributed by atoms with van der Waals surface area (Å²) in [5.74, 6) is -1.45. The number of ketones is 3. The van der Waals surface area contributed by atoms with E-state index in [1.165, 1.54) is 51.2 Å². The summed E-state index contributed by atoms with van der Waals surface area (Å²) in [7, 11) is 0. The first-order valence-corrected chi connectivity index (χ1v) is 11.5. The first-order chi connectivity index (χ1) is 15.3. The predicted molar refractivity (Wildman–Crippen MR) is 134 cm³/mol. The summed E-state index contributed by atoms with van der Waals surface area (Å²) in [4.78, 5) is 45.2. The van der Waals surface area contributed by atoms with Crippen molar-refractivity contribution in [2.75, 3.05) is 0 Å². The zero-order valence-electron chi connectivity index (χ0n) is 21.5. The number of carbonyl (C=O) groups excluding carboxylic acids is 3. The molecule has 1 N–H and O–H groups in total. The number of Topliss-reactive ketones (excluding diaryl/α,β-unsaturated/α-hetero) is 3. The molecule has 0 amide bonds. The van der Waals surface area contributed by atoms with Crippen molar-refractivity contribution in [3.05, 3.63) is 58.2 Å². The molecule has 0 radical (unpaired) electrons. The fourth-order valence-electron chi connectivity index (χ4n) is 3.72. The molecule has 1 aliphatic rings. The van der Waals surface area contributed by atoms with Crippen LogP contribution in [0.25, 0.3) is 0 Å². The van der Waals surface area contributed by atoms with Gasteiger partial charge in [-0.3, -0.25) is 19.2 Å². The number of hydrogen-bond donors (Lipinski definition) is 1. The number of benzene rings is 1. The topological polar surface area (TPSA) is 88.5 Å². The second-order valence-electron chi connectivity index (χ2n) is 8.62. The van der Waals surface area contributed by atoms with Gasteiger partial charge in [0, 0.05) is 12.8 Å². The molecular formula is C28H40O5. The minimum atomic E-state index is -1.33. The molecule has 1 aromatic carbocycles. The summed E-state index contributed by atoms with van der Waals surface area (Å²) in [5, 5.41) is 7.72. The van der Waals surface area contributed by atoms with Crippen LogP contribution in [0.4, 0.5) is 0 Å². The van der Waals surface area contributed by atoms with Crippen LogP contribution in [0.15, 0.2) is 41.5 Å². The highest BCUT2D eigenvalue weighted by atomic mass is 16.4. The lowest BCUT2D eigenvalue weighted by atomic mass is 9.69. The van der Waals surface area contributed by atoms with E-state index in [1.54, 1.807) is 6.92 Å². The maximum absolute atomic E-state index is 12.1. The highest BCUT2D eigenvalue weighted by Gasteiger charge is 2.44. The molecular weight excluding hydrogens is 416 g/mol. The van der Waals surface area contributed by atoms with E-state index in [-0.39, 0.29) is 30.2 Å². The number of rotatable bonds is 7. The molecule has 0 aliphatic heterocycles. The molecule has 0 atom stereocenters. The van der Waals surface area contributed by atoms with Crippen LogP contribution in [-0.2, 0) is 24.6 Å². The Morgan fingerprint density at radius 2 is 1.52 bits per heavy atom. The van der Waals surface area contributed by atoms with Crippen LogP contribution >= 0.6 is 0 Å². The Labute approximate surface area is 199 Å². The second-order valence-corrected chi connectivity index (χ2v) is 8.62. The molecule has 0 heterocycles. The lowest BCUT2D eigenvalue weighted by Gasteiger charge is -2.30. The van der Waals surface area contributed by atoms with E-state index in [0.717, 1.165) is 11.1 Å². The van der Waals surface area contributed by atoms with Gasteiger partial charge < -0.3 is 5.11 Å². The summed E-state index contributed by atoms with van der Waals surface area (Å²) in [6, 6.07) is 5.64. The van der Waals surface area contributed by atoms with Gasteiger partial charge in [0.25, 0.3) is 0 Å². The summed E-state index contributed by atoms with van der Waals surface area (Å²) >= 11 is 0. The maximum atomic E-state index is 12.1. The summed E-state index contributed by atoms with van der Waals surface area (Å²) in [5.41, 5.74) is 4.20. The van der Waals surface area contributed by atoms with Crippen LogP contribution in [0, 0.1) is 13.8 Å². The number of aryl methyl sites for hydroxylation is 2. The highest BCUT2D eigenvalue weighted by molar-refractivity contribution is 6.13. The van der Waals surface area contributed by atoms with E-state index >= 15 is 0 Å². The first-order valence-electron chi connectivity index (χ1n) is 11.5. The van der Waals surface area contributed by atoms with Gasteiger partial charge in [-0.05, 0) is 71.9 Å². The summed E-state index contributed by atoms with van der Waals surface area (Å²) < 4.78 is 0. The van der Waals surface area contributed by atoms with Crippen LogP contribution in [0.1, 0.15) is 90.3 Å². The van der Waals surface area contributed by atoms with E-state index < -0.39 is 11.4 Å². The number of carbonyl (C=O) groups is 4. The smallest absolute Gasteiger partial charge is 0.303 e. The molecule has 0 spiro atoms. The third-order valence-electron chi connectivity index (χ3n) is 5.66. The minimum absolute atomic E-state index is 0.0675. The number of aliphatic carboxylic acids is 1. The first kappa shape index (κ1) is 30.2. The molecule has 0 bridgehead atoms. The molecule has 0 saturated heterocycles. The van der Waals surface area contributed by atoms with E-state index in [9.17, 15) is 19.2 Å². The zero-order chi connectivity index (χ0) is 25.8. The molecule has 33 heavy (non-hydrogen) atoms. The van der Waals surface area contributed by atoms with Gasteiger partial charge in [0.15, 0.2) is 0 Å². The summed E-state index contributed by atoms with van der Waals surface area (Å²) in [6.07, 6.45) is 8.52. The Morgan fingerprint density at radius 1 is 0.970 bits per heavy atom. The Morgan fingerprint density at radius 3 is 1.88 bits per heavy atom. The molecule has 2 rings (SSSR count). The van der Waals surface area contributed by atoms with Crippen LogP contribution in [0.3, 0.4) is 0 Å². The molecule has 0 unspecified atom stereocenters. The maximum Gasteiger partial charge on any atom is 0.303 e. The number of carboxylic acids is 1. The van der Waals surface area contributed by atoms with Crippen molar-refractivity contribution in [2.45, 2.75) is 92.9 Å². The van der Waals surface area contributed by atoms with Crippen LogP contribution < -0.4 is 0 Å². The van der Waals surface area contributed by atoms with Crippen molar-refractivity contribution in [1.29, 1.82) is 0 Å². The Hall–Kier alpha value is -2.82. The Bertz CT molecular complexity index is 904. The standard InChI is InChI=1S/C16H20O3.C9H14.C3H6O2/c1-10-6-7-11(2)15(8-10)16(13(4)18,14(5)19)9-12(3)17;1-3-9-6-4-5-8(2)7-9;1-2-3(4)5/h6-8H,9H2,1-5H3;6-7H,3-5H2,1-2H3;2H2,1H3,(H,4,5). The number of allylic oxidation sites excluding steroid dienone is 4. The van der Waals surface area contributed by atoms with Crippen molar-refractivity contribution in [2.24, 2.45) is 0 Å². The Kier molecular flexibility index (Phi) is 13.1. The van der Waals surface area contributed by atoms with E-state index in [2.05, 4.69) is 26.0 Å². The molecule has 1 aromatic rings. The third kappa shape index (κ3) is 9.68. The van der Waals surface area contributed by atoms with Gasteiger partial charge in [-0.25, -0.2) is 0 Å². The Balaban J connectivity index is 0.000000600. The molecule has 182 valence electrons. The third-order valence-corrected chi connectivity index (χ3v) is 5.66. The van der Waals surface area contributed by atoms with Gasteiger partial charge in [-0.2, -0.15) is 0 Å². The van der Waals surface area contributed by atoms with Crippen molar-refractivity contribution >= 4 is 23.3 Å².